The summed E-state index contributed by atoms with van der Waals surface area (Å²) in [7, 11) is -1.63. The molecule has 1 saturated heterocycles. The second kappa shape index (κ2) is 9.07. The molecule has 7 heteroatoms. The third kappa shape index (κ3) is 5.04. The van der Waals surface area contributed by atoms with E-state index in [2.05, 4.69) is 10.2 Å². The van der Waals surface area contributed by atoms with E-state index in [9.17, 15) is 13.2 Å². The quantitative estimate of drug-likeness (QED) is 0.788. The number of hydrogen-bond donors (Lipinski definition) is 1. The molecule has 1 aliphatic heterocycles. The van der Waals surface area contributed by atoms with Crippen LogP contribution < -0.4 is 5.32 Å². The maximum Gasteiger partial charge on any atom is 0.251 e. The summed E-state index contributed by atoms with van der Waals surface area (Å²) < 4.78 is 27.4. The Labute approximate surface area is 173 Å². The first-order valence-electron chi connectivity index (χ1n) is 9.97. The molecule has 0 unspecified atom stereocenters. The molecule has 0 spiro atoms. The topological polar surface area (TPSA) is 69.7 Å². The maximum absolute atomic E-state index is 13.0. The second-order valence-corrected chi connectivity index (χ2v) is 9.52. The molecular formula is C22H29N3O3S. The summed E-state index contributed by atoms with van der Waals surface area (Å²) >= 11 is 0. The van der Waals surface area contributed by atoms with E-state index in [0.717, 1.165) is 17.5 Å². The van der Waals surface area contributed by atoms with Crippen molar-refractivity contribution in [3.8, 4) is 0 Å². The number of amides is 1. The highest BCUT2D eigenvalue weighted by molar-refractivity contribution is 7.89. The van der Waals surface area contributed by atoms with E-state index in [1.807, 2.05) is 45.2 Å². The van der Waals surface area contributed by atoms with Crippen LogP contribution in [-0.4, -0.2) is 56.8 Å². The Kier molecular flexibility index (Phi) is 6.72. The normalized spacial score (nSPS) is 17.1. The number of likely N-dealkylation sites (N-methyl/N-ethyl adjacent to an activating group) is 1. The minimum Gasteiger partial charge on any atom is -0.345 e. The fourth-order valence-corrected chi connectivity index (χ4v) is 4.91. The Morgan fingerprint density at radius 3 is 2.34 bits per heavy atom. The van der Waals surface area contributed by atoms with Gasteiger partial charge in [-0.2, -0.15) is 4.31 Å². The van der Waals surface area contributed by atoms with Crippen LogP contribution in [0, 0.1) is 6.92 Å². The molecule has 1 N–H and O–H groups in total. The van der Waals surface area contributed by atoms with Crippen LogP contribution in [0.4, 0.5) is 0 Å². The van der Waals surface area contributed by atoms with Crippen molar-refractivity contribution in [1.29, 1.82) is 0 Å². The van der Waals surface area contributed by atoms with Crippen LogP contribution in [0.25, 0.3) is 0 Å². The van der Waals surface area contributed by atoms with Gasteiger partial charge >= 0.3 is 0 Å². The van der Waals surface area contributed by atoms with Crippen molar-refractivity contribution in [2.24, 2.45) is 0 Å². The Morgan fingerprint density at radius 1 is 1.07 bits per heavy atom. The zero-order chi connectivity index (χ0) is 21.0. The standard InChI is InChI=1S/C22H29N3O3S/c1-4-21(18-10-8-17(2)9-11-18)23-22(26)19-6-5-7-20(16-19)29(27,28)25-14-12-24(3)13-15-25/h5-11,16,21H,4,12-15H2,1-3H3,(H,23,26)/t21-/m0/s1. The third-order valence-corrected chi connectivity index (χ3v) is 7.28. The van der Waals surface area contributed by atoms with Gasteiger partial charge < -0.3 is 10.2 Å². The summed E-state index contributed by atoms with van der Waals surface area (Å²) in [6.07, 6.45) is 0.744. The van der Waals surface area contributed by atoms with E-state index in [-0.39, 0.29) is 16.8 Å². The predicted octanol–water partition coefficient (Wildman–Crippen LogP) is 2.81. The summed E-state index contributed by atoms with van der Waals surface area (Å²) in [6, 6.07) is 14.3. The zero-order valence-corrected chi connectivity index (χ0v) is 18.1. The van der Waals surface area contributed by atoms with Crippen LogP contribution in [0.1, 0.15) is 40.9 Å². The summed E-state index contributed by atoms with van der Waals surface area (Å²) in [5, 5.41) is 3.03. The lowest BCUT2D eigenvalue weighted by atomic mass is 10.0. The number of rotatable bonds is 6. The van der Waals surface area contributed by atoms with Gasteiger partial charge in [0.1, 0.15) is 0 Å². The van der Waals surface area contributed by atoms with Crippen LogP contribution in [0.5, 0.6) is 0 Å². The molecule has 0 aromatic heterocycles. The van der Waals surface area contributed by atoms with Gasteiger partial charge in [0.2, 0.25) is 10.0 Å². The monoisotopic (exact) mass is 415 g/mol. The molecule has 1 amide bonds. The first-order chi connectivity index (χ1) is 13.8. The molecule has 0 aliphatic carbocycles. The minimum absolute atomic E-state index is 0.124. The Balaban J connectivity index is 1.77. The molecule has 0 radical (unpaired) electrons. The molecule has 29 heavy (non-hydrogen) atoms. The Morgan fingerprint density at radius 2 is 1.72 bits per heavy atom. The highest BCUT2D eigenvalue weighted by Crippen LogP contribution is 2.21. The van der Waals surface area contributed by atoms with Crippen molar-refractivity contribution in [1.82, 2.24) is 14.5 Å². The lowest BCUT2D eigenvalue weighted by Gasteiger charge is -2.31. The number of nitrogens with one attached hydrogen (secondary N) is 1. The molecule has 156 valence electrons. The van der Waals surface area contributed by atoms with Gasteiger partial charge in [0.25, 0.3) is 5.91 Å². The van der Waals surface area contributed by atoms with Gasteiger partial charge in [-0.25, -0.2) is 8.42 Å². The lowest BCUT2D eigenvalue weighted by molar-refractivity contribution is 0.0935. The zero-order valence-electron chi connectivity index (χ0n) is 17.3. The molecule has 6 nitrogen and oxygen atoms in total. The molecule has 1 heterocycles. The molecule has 1 fully saturated rings. The number of hydrogen-bond acceptors (Lipinski definition) is 4. The van der Waals surface area contributed by atoms with E-state index in [1.54, 1.807) is 18.2 Å². The van der Waals surface area contributed by atoms with Crippen molar-refractivity contribution >= 4 is 15.9 Å². The Bertz CT molecular complexity index is 950. The van der Waals surface area contributed by atoms with Gasteiger partial charge in [-0.3, -0.25) is 4.79 Å². The van der Waals surface area contributed by atoms with Gasteiger partial charge in [0.15, 0.2) is 0 Å². The number of benzene rings is 2. The summed E-state index contributed by atoms with van der Waals surface area (Å²) in [5.74, 6) is -0.271. The average molecular weight is 416 g/mol. The van der Waals surface area contributed by atoms with Crippen LogP contribution in [0.15, 0.2) is 53.4 Å². The van der Waals surface area contributed by atoms with E-state index in [0.29, 0.717) is 31.7 Å². The van der Waals surface area contributed by atoms with Crippen molar-refractivity contribution in [2.45, 2.75) is 31.2 Å². The summed E-state index contributed by atoms with van der Waals surface area (Å²) in [6.45, 7) is 6.36. The number of nitrogens with zero attached hydrogens (tertiary/aromatic N) is 2. The first-order valence-corrected chi connectivity index (χ1v) is 11.4. The van der Waals surface area contributed by atoms with Gasteiger partial charge in [-0.05, 0) is 44.2 Å². The largest absolute Gasteiger partial charge is 0.345 e. The van der Waals surface area contributed by atoms with Crippen molar-refractivity contribution < 1.29 is 13.2 Å². The van der Waals surface area contributed by atoms with E-state index in [4.69, 9.17) is 0 Å². The fourth-order valence-electron chi connectivity index (χ4n) is 3.44. The lowest BCUT2D eigenvalue weighted by Crippen LogP contribution is -2.47. The average Bonchev–Trinajstić information content (AvgIpc) is 2.73. The van der Waals surface area contributed by atoms with Crippen LogP contribution in [0.2, 0.25) is 0 Å². The molecule has 3 rings (SSSR count). The number of carbonyl (C=O) groups is 1. The van der Waals surface area contributed by atoms with Crippen molar-refractivity contribution in [2.75, 3.05) is 33.2 Å². The SMILES string of the molecule is CC[C@H](NC(=O)c1cccc(S(=O)(=O)N2CCN(C)CC2)c1)c1ccc(C)cc1. The molecular weight excluding hydrogens is 386 g/mol. The van der Waals surface area contributed by atoms with Crippen molar-refractivity contribution in [3.05, 3.63) is 65.2 Å². The minimum atomic E-state index is -3.61. The van der Waals surface area contributed by atoms with Crippen molar-refractivity contribution in [3.63, 3.8) is 0 Å². The molecule has 2 aromatic rings. The highest BCUT2D eigenvalue weighted by atomic mass is 32.2. The maximum atomic E-state index is 13.0. The highest BCUT2D eigenvalue weighted by Gasteiger charge is 2.28. The van der Waals surface area contributed by atoms with Gasteiger partial charge in [-0.1, -0.05) is 42.8 Å². The number of sulfonamides is 1. The van der Waals surface area contributed by atoms with Crippen LogP contribution in [-0.2, 0) is 10.0 Å². The van der Waals surface area contributed by atoms with E-state index < -0.39 is 10.0 Å². The van der Waals surface area contributed by atoms with Gasteiger partial charge in [0, 0.05) is 31.7 Å². The molecule has 1 aliphatic rings. The number of aryl methyl sites for hydroxylation is 1. The molecule has 0 bridgehead atoms. The van der Waals surface area contributed by atoms with E-state index >= 15 is 0 Å². The summed E-state index contributed by atoms with van der Waals surface area (Å²) in [4.78, 5) is 15.1. The fraction of sp³-hybridized carbons (Fsp3) is 0.409. The first kappa shape index (κ1) is 21.5. The van der Waals surface area contributed by atoms with Gasteiger partial charge in [-0.15, -0.1) is 0 Å². The Hall–Kier alpha value is -2.22. The molecule has 1 atom stereocenters. The van der Waals surface area contributed by atoms with Gasteiger partial charge in [0.05, 0.1) is 10.9 Å². The number of piperazine rings is 1. The van der Waals surface area contributed by atoms with Crippen LogP contribution >= 0.6 is 0 Å². The van der Waals surface area contributed by atoms with E-state index in [1.165, 1.54) is 10.4 Å². The molecule has 0 saturated carbocycles. The summed E-state index contributed by atoms with van der Waals surface area (Å²) in [5.41, 5.74) is 2.55. The molecule has 2 aromatic carbocycles. The number of carbonyl (C=O) groups excluding carboxylic acids is 1. The van der Waals surface area contributed by atoms with Crippen LogP contribution in [0.3, 0.4) is 0 Å². The predicted molar refractivity (Wildman–Crippen MR) is 114 cm³/mol. The second-order valence-electron chi connectivity index (χ2n) is 7.58. The third-order valence-electron chi connectivity index (χ3n) is 5.39. The smallest absolute Gasteiger partial charge is 0.251 e.